The van der Waals surface area contributed by atoms with Gasteiger partial charge in [0.2, 0.25) is 0 Å². The van der Waals surface area contributed by atoms with Gasteiger partial charge in [-0.3, -0.25) is 0 Å². The van der Waals surface area contributed by atoms with Gasteiger partial charge in [-0.05, 0) is 73.4 Å². The SMILES string of the molecule is COc1cc2ccccc2cc1OCCN1C(=C(c2ccccc2)c2c(C)cc(C)n2C)C(C)=CC1C. The van der Waals surface area contributed by atoms with Crippen molar-refractivity contribution in [2.45, 2.75) is 33.7 Å². The zero-order chi connectivity index (χ0) is 26.1. The minimum absolute atomic E-state index is 0.275. The van der Waals surface area contributed by atoms with E-state index in [1.54, 1.807) is 7.11 Å². The number of hydrogen-bond acceptors (Lipinski definition) is 3. The second-order valence-corrected chi connectivity index (χ2v) is 9.95. The van der Waals surface area contributed by atoms with Crippen LogP contribution in [-0.2, 0) is 7.05 Å². The number of allylic oxidation sites excluding steroid dienone is 1. The summed E-state index contributed by atoms with van der Waals surface area (Å²) >= 11 is 0. The highest BCUT2D eigenvalue weighted by atomic mass is 16.5. The lowest BCUT2D eigenvalue weighted by atomic mass is 9.95. The summed E-state index contributed by atoms with van der Waals surface area (Å²) < 4.78 is 14.3. The lowest BCUT2D eigenvalue weighted by Gasteiger charge is -2.29. The molecule has 0 aliphatic carbocycles. The number of hydrogen-bond donors (Lipinski definition) is 0. The maximum atomic E-state index is 6.36. The number of benzene rings is 3. The molecule has 2 heterocycles. The smallest absolute Gasteiger partial charge is 0.161 e. The first kappa shape index (κ1) is 24.8. The highest BCUT2D eigenvalue weighted by molar-refractivity contribution is 5.86. The summed E-state index contributed by atoms with van der Waals surface area (Å²) in [5.41, 5.74) is 8.89. The molecule has 4 aromatic rings. The average molecular weight is 493 g/mol. The number of aryl methyl sites for hydroxylation is 2. The molecule has 1 aliphatic heterocycles. The van der Waals surface area contributed by atoms with Crippen molar-refractivity contribution in [3.05, 3.63) is 113 Å². The summed E-state index contributed by atoms with van der Waals surface area (Å²) in [6.07, 6.45) is 2.36. The van der Waals surface area contributed by atoms with Gasteiger partial charge in [0.15, 0.2) is 11.5 Å². The Morgan fingerprint density at radius 2 is 1.51 bits per heavy atom. The molecule has 4 nitrogen and oxygen atoms in total. The standard InChI is InChI=1S/C33H36N2O2/c1-22-18-24(3)34(5)32(22)31(26-12-8-7-9-13-26)33-23(2)19-25(4)35(33)16-17-37-30-21-28-15-11-10-14-27(28)20-29(30)36-6/h7-15,18-21,25H,16-17H2,1-6H3. The van der Waals surface area contributed by atoms with Gasteiger partial charge in [0.1, 0.15) is 6.61 Å². The van der Waals surface area contributed by atoms with Gasteiger partial charge in [0.25, 0.3) is 0 Å². The first-order valence-electron chi connectivity index (χ1n) is 13.0. The summed E-state index contributed by atoms with van der Waals surface area (Å²) in [7, 11) is 3.86. The Morgan fingerprint density at radius 3 is 2.14 bits per heavy atom. The molecule has 190 valence electrons. The van der Waals surface area contributed by atoms with E-state index in [9.17, 15) is 0 Å². The van der Waals surface area contributed by atoms with Crippen molar-refractivity contribution < 1.29 is 9.47 Å². The third kappa shape index (κ3) is 4.64. The lowest BCUT2D eigenvalue weighted by molar-refractivity contribution is 0.230. The third-order valence-electron chi connectivity index (χ3n) is 7.46. The van der Waals surface area contributed by atoms with Crippen LogP contribution in [0.3, 0.4) is 0 Å². The van der Waals surface area contributed by atoms with Crippen LogP contribution in [-0.4, -0.2) is 35.8 Å². The Bertz CT molecular complexity index is 1490. The van der Waals surface area contributed by atoms with E-state index in [4.69, 9.17) is 9.47 Å². The van der Waals surface area contributed by atoms with Crippen molar-refractivity contribution in [3.63, 3.8) is 0 Å². The number of nitrogens with zero attached hydrogens (tertiary/aromatic N) is 2. The Kier molecular flexibility index (Phi) is 6.84. The zero-order valence-corrected chi connectivity index (χ0v) is 22.7. The molecule has 0 bridgehead atoms. The molecule has 37 heavy (non-hydrogen) atoms. The largest absolute Gasteiger partial charge is 0.493 e. The minimum atomic E-state index is 0.275. The molecule has 0 N–H and O–H groups in total. The second-order valence-electron chi connectivity index (χ2n) is 9.95. The fourth-order valence-electron chi connectivity index (χ4n) is 5.62. The lowest BCUT2D eigenvalue weighted by Crippen LogP contribution is -2.32. The fourth-order valence-corrected chi connectivity index (χ4v) is 5.62. The molecule has 1 aliphatic rings. The van der Waals surface area contributed by atoms with Crippen molar-refractivity contribution in [1.29, 1.82) is 0 Å². The van der Waals surface area contributed by atoms with Gasteiger partial charge in [-0.2, -0.15) is 0 Å². The van der Waals surface area contributed by atoms with E-state index in [2.05, 4.69) is 111 Å². The second kappa shape index (κ2) is 10.2. The van der Waals surface area contributed by atoms with Crippen molar-refractivity contribution in [1.82, 2.24) is 9.47 Å². The highest BCUT2D eigenvalue weighted by Crippen LogP contribution is 2.39. The van der Waals surface area contributed by atoms with Crippen molar-refractivity contribution >= 4 is 16.3 Å². The molecule has 0 saturated carbocycles. The Morgan fingerprint density at radius 1 is 0.865 bits per heavy atom. The van der Waals surface area contributed by atoms with E-state index in [1.165, 1.54) is 39.4 Å². The molecule has 1 aromatic heterocycles. The Balaban J connectivity index is 1.51. The van der Waals surface area contributed by atoms with Crippen LogP contribution >= 0.6 is 0 Å². The van der Waals surface area contributed by atoms with Crippen molar-refractivity contribution in [2.75, 3.05) is 20.3 Å². The topological polar surface area (TPSA) is 26.6 Å². The number of rotatable bonds is 7. The molecule has 4 heteroatoms. The minimum Gasteiger partial charge on any atom is -0.493 e. The Hall–Kier alpha value is -3.92. The molecule has 0 spiro atoms. The van der Waals surface area contributed by atoms with E-state index in [-0.39, 0.29) is 6.04 Å². The van der Waals surface area contributed by atoms with Crippen LogP contribution < -0.4 is 9.47 Å². The van der Waals surface area contributed by atoms with Gasteiger partial charge in [0.05, 0.1) is 25.0 Å². The first-order chi connectivity index (χ1) is 17.9. The number of aromatic nitrogens is 1. The first-order valence-corrected chi connectivity index (χ1v) is 13.0. The van der Waals surface area contributed by atoms with E-state index >= 15 is 0 Å². The van der Waals surface area contributed by atoms with Gasteiger partial charge in [-0.1, -0.05) is 60.7 Å². The van der Waals surface area contributed by atoms with Crippen LogP contribution in [0.25, 0.3) is 16.3 Å². The van der Waals surface area contributed by atoms with Crippen molar-refractivity contribution in [3.8, 4) is 11.5 Å². The molecule has 1 atom stereocenters. The van der Waals surface area contributed by atoms with Crippen LogP contribution in [0, 0.1) is 13.8 Å². The molecule has 5 rings (SSSR count). The van der Waals surface area contributed by atoms with Crippen LogP contribution in [0.1, 0.15) is 36.4 Å². The normalized spacial score (nSPS) is 16.8. The monoisotopic (exact) mass is 492 g/mol. The molecular formula is C33H36N2O2. The van der Waals surface area contributed by atoms with Crippen LogP contribution in [0.2, 0.25) is 0 Å². The number of ether oxygens (including phenoxy) is 2. The summed E-state index contributed by atoms with van der Waals surface area (Å²) in [4.78, 5) is 2.48. The molecule has 1 unspecified atom stereocenters. The summed E-state index contributed by atoms with van der Waals surface area (Å²) in [6.45, 7) is 10.2. The van der Waals surface area contributed by atoms with E-state index in [0.717, 1.165) is 28.8 Å². The summed E-state index contributed by atoms with van der Waals surface area (Å²) in [5.74, 6) is 1.54. The number of fused-ring (bicyclic) bond motifs is 1. The van der Waals surface area contributed by atoms with Crippen LogP contribution in [0.4, 0.5) is 0 Å². The molecule has 0 fully saturated rings. The van der Waals surface area contributed by atoms with Gasteiger partial charge in [-0.15, -0.1) is 0 Å². The van der Waals surface area contributed by atoms with Gasteiger partial charge >= 0.3 is 0 Å². The summed E-state index contributed by atoms with van der Waals surface area (Å²) in [5, 5.41) is 2.29. The quantitative estimate of drug-likeness (QED) is 0.271. The molecule has 0 saturated heterocycles. The van der Waals surface area contributed by atoms with Gasteiger partial charge in [0, 0.05) is 24.4 Å². The highest BCUT2D eigenvalue weighted by Gasteiger charge is 2.29. The predicted octanol–water partition coefficient (Wildman–Crippen LogP) is 7.29. The van der Waals surface area contributed by atoms with Crippen LogP contribution in [0.5, 0.6) is 11.5 Å². The Labute approximate surface area is 220 Å². The van der Waals surface area contributed by atoms with Crippen molar-refractivity contribution in [2.24, 2.45) is 7.05 Å². The predicted molar refractivity (Wildman–Crippen MR) is 153 cm³/mol. The van der Waals surface area contributed by atoms with E-state index in [1.807, 2.05) is 12.1 Å². The summed E-state index contributed by atoms with van der Waals surface area (Å²) in [6, 6.07) is 25.7. The average Bonchev–Trinajstić information content (AvgIpc) is 3.32. The van der Waals surface area contributed by atoms with Gasteiger partial charge < -0.3 is 18.9 Å². The zero-order valence-electron chi connectivity index (χ0n) is 22.7. The van der Waals surface area contributed by atoms with E-state index < -0.39 is 0 Å². The maximum Gasteiger partial charge on any atom is 0.161 e. The fraction of sp³-hybridized carbons (Fsp3) is 0.273. The molecule has 3 aromatic carbocycles. The molecule has 0 amide bonds. The van der Waals surface area contributed by atoms with Gasteiger partial charge in [-0.25, -0.2) is 0 Å². The van der Waals surface area contributed by atoms with E-state index in [0.29, 0.717) is 6.61 Å². The number of methoxy groups -OCH3 is 1. The maximum absolute atomic E-state index is 6.36. The molecule has 0 radical (unpaired) electrons. The van der Waals surface area contributed by atoms with Crippen LogP contribution in [0.15, 0.2) is 90.1 Å². The third-order valence-corrected chi connectivity index (χ3v) is 7.46. The molecular weight excluding hydrogens is 456 g/mol.